The molecule has 0 bridgehead atoms. The first-order chi connectivity index (χ1) is 14.8. The number of aromatic nitrogens is 3. The Labute approximate surface area is 175 Å². The Kier molecular flexibility index (Phi) is 4.89. The Morgan fingerprint density at radius 3 is 2.33 bits per heavy atom. The minimum Gasteiger partial charge on any atom is -0.324 e. The van der Waals surface area contributed by atoms with E-state index in [1.807, 2.05) is 71.8 Å². The number of rotatable bonds is 3. The molecule has 6 heteroatoms. The van der Waals surface area contributed by atoms with Gasteiger partial charge in [-0.15, -0.1) is 0 Å². The van der Waals surface area contributed by atoms with Crippen molar-refractivity contribution >= 4 is 22.9 Å². The highest BCUT2D eigenvalue weighted by Gasteiger charge is 2.27. The van der Waals surface area contributed by atoms with Crippen LogP contribution in [0.5, 0.6) is 0 Å². The van der Waals surface area contributed by atoms with Gasteiger partial charge < -0.3 is 14.8 Å². The minimum atomic E-state index is -0.0449. The van der Waals surface area contributed by atoms with E-state index in [0.717, 1.165) is 41.1 Å². The van der Waals surface area contributed by atoms with E-state index < -0.39 is 0 Å². The first-order valence-corrected chi connectivity index (χ1v) is 10.3. The number of pyridine rings is 1. The first kappa shape index (κ1) is 18.4. The maximum Gasteiger partial charge on any atom is 0.321 e. The Bertz CT molecular complexity index is 1150. The van der Waals surface area contributed by atoms with Crippen LogP contribution in [0.3, 0.4) is 0 Å². The number of carbonyl (C=O) groups is 1. The summed E-state index contributed by atoms with van der Waals surface area (Å²) >= 11 is 0. The molecule has 1 aliphatic heterocycles. The number of urea groups is 1. The summed E-state index contributed by atoms with van der Waals surface area (Å²) in [6, 6.07) is 24.0. The van der Waals surface area contributed by atoms with Gasteiger partial charge in [-0.05, 0) is 37.1 Å². The van der Waals surface area contributed by atoms with Crippen molar-refractivity contribution in [3.63, 3.8) is 0 Å². The lowest BCUT2D eigenvalue weighted by atomic mass is 10.0. The molecule has 2 amide bonds. The van der Waals surface area contributed by atoms with E-state index in [2.05, 4.69) is 27.0 Å². The first-order valence-electron chi connectivity index (χ1n) is 10.3. The second kappa shape index (κ2) is 7.99. The van der Waals surface area contributed by atoms with Crippen LogP contribution in [0.25, 0.3) is 22.6 Å². The van der Waals surface area contributed by atoms with Crippen molar-refractivity contribution < 1.29 is 4.79 Å². The van der Waals surface area contributed by atoms with Gasteiger partial charge in [0.25, 0.3) is 0 Å². The van der Waals surface area contributed by atoms with Crippen LogP contribution in [-0.2, 0) is 0 Å². The van der Waals surface area contributed by atoms with Crippen LogP contribution in [0.2, 0.25) is 0 Å². The van der Waals surface area contributed by atoms with Gasteiger partial charge in [0.1, 0.15) is 11.3 Å². The molecule has 6 nitrogen and oxygen atoms in total. The molecular formula is C24H23N5O. The fraction of sp³-hybridized carbons (Fsp3) is 0.208. The monoisotopic (exact) mass is 397 g/mol. The zero-order chi connectivity index (χ0) is 20.3. The highest BCUT2D eigenvalue weighted by Crippen LogP contribution is 2.32. The molecule has 0 atom stereocenters. The van der Waals surface area contributed by atoms with E-state index in [0.29, 0.717) is 13.1 Å². The summed E-state index contributed by atoms with van der Waals surface area (Å²) in [7, 11) is 0. The predicted octanol–water partition coefficient (Wildman–Crippen LogP) is 4.97. The van der Waals surface area contributed by atoms with Gasteiger partial charge in [0, 0.05) is 36.6 Å². The van der Waals surface area contributed by atoms with E-state index in [1.165, 1.54) is 0 Å². The lowest BCUT2D eigenvalue weighted by molar-refractivity contribution is 0.185. The molecule has 3 heterocycles. The summed E-state index contributed by atoms with van der Waals surface area (Å²) in [5.41, 5.74) is 3.71. The third-order valence-corrected chi connectivity index (χ3v) is 5.62. The van der Waals surface area contributed by atoms with Gasteiger partial charge in [-0.1, -0.05) is 48.5 Å². The second-order valence-electron chi connectivity index (χ2n) is 7.53. The third-order valence-electron chi connectivity index (χ3n) is 5.62. The lowest BCUT2D eigenvalue weighted by Gasteiger charge is -2.33. The van der Waals surface area contributed by atoms with Crippen LogP contribution in [0, 0.1) is 0 Å². The molecule has 4 aromatic rings. The van der Waals surface area contributed by atoms with E-state index in [9.17, 15) is 4.79 Å². The quantitative estimate of drug-likeness (QED) is 0.531. The highest BCUT2D eigenvalue weighted by atomic mass is 16.2. The highest BCUT2D eigenvalue weighted by molar-refractivity contribution is 5.89. The van der Waals surface area contributed by atoms with Crippen LogP contribution < -0.4 is 5.32 Å². The van der Waals surface area contributed by atoms with Crippen LogP contribution in [-0.4, -0.2) is 38.6 Å². The molecule has 0 saturated carbocycles. The molecule has 1 saturated heterocycles. The number of fused-ring (bicyclic) bond motifs is 1. The fourth-order valence-corrected chi connectivity index (χ4v) is 4.12. The van der Waals surface area contributed by atoms with Crippen LogP contribution >= 0.6 is 0 Å². The molecule has 5 rings (SSSR count). The zero-order valence-electron chi connectivity index (χ0n) is 16.6. The SMILES string of the molecule is O=C(Nc1ccccc1)N1CCC(n2c(-c3ccccc3)nc3cccnc32)CC1. The molecule has 0 aliphatic carbocycles. The molecular weight excluding hydrogens is 374 g/mol. The number of imidazole rings is 1. The van der Waals surface area contributed by atoms with Gasteiger partial charge in [-0.3, -0.25) is 0 Å². The number of para-hydroxylation sites is 1. The molecule has 1 fully saturated rings. The topological polar surface area (TPSA) is 63.1 Å². The van der Waals surface area contributed by atoms with Crippen LogP contribution in [0.1, 0.15) is 18.9 Å². The summed E-state index contributed by atoms with van der Waals surface area (Å²) in [6.45, 7) is 1.40. The van der Waals surface area contributed by atoms with Crippen LogP contribution in [0.4, 0.5) is 10.5 Å². The normalized spacial score (nSPS) is 14.7. The number of piperidine rings is 1. The van der Waals surface area contributed by atoms with Gasteiger partial charge in [-0.2, -0.15) is 0 Å². The number of nitrogens with zero attached hydrogens (tertiary/aromatic N) is 4. The Morgan fingerprint density at radius 2 is 1.60 bits per heavy atom. The number of carbonyl (C=O) groups excluding carboxylic acids is 1. The molecule has 2 aromatic carbocycles. The van der Waals surface area contributed by atoms with Crippen molar-refractivity contribution in [3.05, 3.63) is 79.0 Å². The van der Waals surface area contributed by atoms with Gasteiger partial charge in [0.2, 0.25) is 0 Å². The zero-order valence-corrected chi connectivity index (χ0v) is 16.6. The van der Waals surface area contributed by atoms with Crippen molar-refractivity contribution in [2.75, 3.05) is 18.4 Å². The number of hydrogen-bond acceptors (Lipinski definition) is 3. The molecule has 150 valence electrons. The number of likely N-dealkylation sites (tertiary alicyclic amines) is 1. The summed E-state index contributed by atoms with van der Waals surface area (Å²) in [5, 5.41) is 2.98. The average molecular weight is 397 g/mol. The molecule has 30 heavy (non-hydrogen) atoms. The molecule has 2 aromatic heterocycles. The molecule has 0 radical (unpaired) electrons. The van der Waals surface area contributed by atoms with E-state index >= 15 is 0 Å². The Morgan fingerprint density at radius 1 is 0.900 bits per heavy atom. The van der Waals surface area contributed by atoms with Crippen molar-refractivity contribution in [1.29, 1.82) is 0 Å². The maximum atomic E-state index is 12.6. The molecule has 0 spiro atoms. The maximum absolute atomic E-state index is 12.6. The van der Waals surface area contributed by atoms with E-state index in [-0.39, 0.29) is 12.1 Å². The average Bonchev–Trinajstić information content (AvgIpc) is 3.20. The number of hydrogen-bond donors (Lipinski definition) is 1. The minimum absolute atomic E-state index is 0.0449. The Balaban J connectivity index is 1.38. The van der Waals surface area contributed by atoms with Crippen molar-refractivity contribution in [2.24, 2.45) is 0 Å². The fourth-order valence-electron chi connectivity index (χ4n) is 4.12. The van der Waals surface area contributed by atoms with E-state index in [4.69, 9.17) is 4.98 Å². The van der Waals surface area contributed by atoms with Gasteiger partial charge >= 0.3 is 6.03 Å². The Hall–Kier alpha value is -3.67. The molecule has 1 N–H and O–H groups in total. The van der Waals surface area contributed by atoms with Crippen molar-refractivity contribution in [2.45, 2.75) is 18.9 Å². The smallest absolute Gasteiger partial charge is 0.321 e. The summed E-state index contributed by atoms with van der Waals surface area (Å²) in [6.07, 6.45) is 3.55. The van der Waals surface area contributed by atoms with Gasteiger partial charge in [0.05, 0.1) is 0 Å². The summed E-state index contributed by atoms with van der Waals surface area (Å²) in [5.74, 6) is 0.941. The third kappa shape index (κ3) is 3.52. The number of anilines is 1. The van der Waals surface area contributed by atoms with Gasteiger partial charge in [0.15, 0.2) is 5.65 Å². The standard InChI is InChI=1S/C24H23N5O/c30-24(26-19-10-5-2-6-11-19)28-16-13-20(14-17-28)29-22(18-8-3-1-4-9-18)27-21-12-7-15-25-23(21)29/h1-12,15,20H,13-14,16-17H2,(H,26,30). The number of amides is 2. The van der Waals surface area contributed by atoms with Crippen molar-refractivity contribution in [3.8, 4) is 11.4 Å². The second-order valence-corrected chi connectivity index (χ2v) is 7.53. The predicted molar refractivity (Wildman–Crippen MR) is 118 cm³/mol. The molecule has 0 unspecified atom stereocenters. The summed E-state index contributed by atoms with van der Waals surface area (Å²) < 4.78 is 2.26. The van der Waals surface area contributed by atoms with Gasteiger partial charge in [-0.25, -0.2) is 14.8 Å². The van der Waals surface area contributed by atoms with Crippen LogP contribution in [0.15, 0.2) is 79.0 Å². The molecule has 1 aliphatic rings. The van der Waals surface area contributed by atoms with Crippen molar-refractivity contribution in [1.82, 2.24) is 19.4 Å². The van der Waals surface area contributed by atoms with E-state index in [1.54, 1.807) is 0 Å². The number of benzene rings is 2. The largest absolute Gasteiger partial charge is 0.324 e. The summed E-state index contributed by atoms with van der Waals surface area (Å²) in [4.78, 5) is 24.0. The number of nitrogens with one attached hydrogen (secondary N) is 1. The lowest BCUT2D eigenvalue weighted by Crippen LogP contribution is -2.41.